The van der Waals surface area contributed by atoms with Gasteiger partial charge in [0.05, 0.1) is 17.2 Å². The maximum absolute atomic E-state index is 12.2. The average molecular weight is 346 g/mol. The number of amides is 2. The van der Waals surface area contributed by atoms with E-state index in [4.69, 9.17) is 0 Å². The minimum absolute atomic E-state index is 0.0259. The number of fused-ring (bicyclic) bond motifs is 2. The van der Waals surface area contributed by atoms with E-state index in [1.54, 1.807) is 6.20 Å². The van der Waals surface area contributed by atoms with E-state index in [-0.39, 0.29) is 24.2 Å². The molecule has 4 rings (SSSR count). The average Bonchev–Trinajstić information content (AvgIpc) is 2.66. The Labute approximate surface area is 150 Å². The number of benzene rings is 2. The van der Waals surface area contributed by atoms with Crippen molar-refractivity contribution in [1.29, 1.82) is 0 Å². The zero-order chi connectivity index (χ0) is 17.9. The van der Waals surface area contributed by atoms with Crippen molar-refractivity contribution in [2.45, 2.75) is 19.3 Å². The number of nitrogens with zero attached hydrogens (tertiary/aromatic N) is 2. The van der Waals surface area contributed by atoms with E-state index < -0.39 is 0 Å². The molecule has 0 saturated carbocycles. The Balaban J connectivity index is 1.37. The fraction of sp³-hybridized carbons (Fsp3) is 0.200. The van der Waals surface area contributed by atoms with Gasteiger partial charge in [0.15, 0.2) is 5.82 Å². The second-order valence-corrected chi connectivity index (χ2v) is 6.38. The molecule has 0 spiro atoms. The molecular weight excluding hydrogens is 328 g/mol. The number of rotatable bonds is 4. The van der Waals surface area contributed by atoms with Crippen LogP contribution in [0.2, 0.25) is 0 Å². The number of anilines is 2. The minimum Gasteiger partial charge on any atom is -0.326 e. The molecule has 0 bridgehead atoms. The molecule has 2 heterocycles. The van der Waals surface area contributed by atoms with Crippen LogP contribution in [0.4, 0.5) is 11.5 Å². The molecule has 1 aliphatic heterocycles. The SMILES string of the molecule is O=C(CC[C@@H]1Cc2ccccc2NC1=O)Nc1cnc2ccccc2n1. The number of nitrogens with one attached hydrogen (secondary N) is 2. The molecule has 0 aliphatic carbocycles. The Hall–Kier alpha value is -3.28. The maximum Gasteiger partial charge on any atom is 0.227 e. The monoisotopic (exact) mass is 346 g/mol. The number of para-hydroxylation sites is 3. The van der Waals surface area contributed by atoms with Crippen LogP contribution in [-0.2, 0) is 16.0 Å². The van der Waals surface area contributed by atoms with Gasteiger partial charge < -0.3 is 10.6 Å². The van der Waals surface area contributed by atoms with Crippen LogP contribution in [0.3, 0.4) is 0 Å². The van der Waals surface area contributed by atoms with Gasteiger partial charge in [-0.15, -0.1) is 0 Å². The predicted molar refractivity (Wildman–Crippen MR) is 99.7 cm³/mol. The number of hydrogen-bond acceptors (Lipinski definition) is 4. The van der Waals surface area contributed by atoms with Crippen LogP contribution in [0.25, 0.3) is 11.0 Å². The fourth-order valence-corrected chi connectivity index (χ4v) is 3.17. The third kappa shape index (κ3) is 3.39. The van der Waals surface area contributed by atoms with Gasteiger partial charge >= 0.3 is 0 Å². The highest BCUT2D eigenvalue weighted by atomic mass is 16.2. The first-order chi connectivity index (χ1) is 12.7. The molecular formula is C20H18N4O2. The summed E-state index contributed by atoms with van der Waals surface area (Å²) in [4.78, 5) is 33.1. The van der Waals surface area contributed by atoms with Crippen LogP contribution >= 0.6 is 0 Å². The molecule has 0 unspecified atom stereocenters. The molecule has 130 valence electrons. The highest BCUT2D eigenvalue weighted by Crippen LogP contribution is 2.27. The maximum atomic E-state index is 12.2. The second kappa shape index (κ2) is 6.92. The highest BCUT2D eigenvalue weighted by molar-refractivity contribution is 5.96. The lowest BCUT2D eigenvalue weighted by Gasteiger charge is -2.24. The summed E-state index contributed by atoms with van der Waals surface area (Å²) in [6.45, 7) is 0. The van der Waals surface area contributed by atoms with Crippen molar-refractivity contribution in [3.63, 3.8) is 0 Å². The Morgan fingerprint density at radius 2 is 1.88 bits per heavy atom. The van der Waals surface area contributed by atoms with Gasteiger partial charge in [-0.3, -0.25) is 14.6 Å². The first-order valence-corrected chi connectivity index (χ1v) is 8.59. The van der Waals surface area contributed by atoms with Crippen molar-refractivity contribution in [3.05, 3.63) is 60.3 Å². The van der Waals surface area contributed by atoms with Crippen molar-refractivity contribution >= 4 is 34.4 Å². The quantitative estimate of drug-likeness (QED) is 0.760. The van der Waals surface area contributed by atoms with Crippen molar-refractivity contribution in [3.8, 4) is 0 Å². The summed E-state index contributed by atoms with van der Waals surface area (Å²) < 4.78 is 0. The van der Waals surface area contributed by atoms with Gasteiger partial charge in [-0.2, -0.15) is 0 Å². The molecule has 1 aromatic heterocycles. The summed E-state index contributed by atoms with van der Waals surface area (Å²) in [5, 5.41) is 5.67. The lowest BCUT2D eigenvalue weighted by molar-refractivity contribution is -0.121. The van der Waals surface area contributed by atoms with Gasteiger partial charge in [-0.05, 0) is 36.6 Å². The summed E-state index contributed by atoms with van der Waals surface area (Å²) in [5.74, 6) is 0.0358. The Morgan fingerprint density at radius 1 is 1.12 bits per heavy atom. The molecule has 2 aromatic carbocycles. The van der Waals surface area contributed by atoms with Gasteiger partial charge in [-0.25, -0.2) is 4.98 Å². The van der Waals surface area contributed by atoms with Crippen LogP contribution in [0, 0.1) is 5.92 Å². The van der Waals surface area contributed by atoms with Crippen molar-refractivity contribution in [2.24, 2.45) is 5.92 Å². The zero-order valence-corrected chi connectivity index (χ0v) is 14.1. The van der Waals surface area contributed by atoms with Gasteiger partial charge in [-0.1, -0.05) is 30.3 Å². The fourth-order valence-electron chi connectivity index (χ4n) is 3.17. The lowest BCUT2D eigenvalue weighted by atomic mass is 9.89. The standard InChI is InChI=1S/C20H18N4O2/c25-19(24-18-12-21-16-7-3-4-8-17(16)22-18)10-9-14-11-13-5-1-2-6-15(13)23-20(14)26/h1-8,12,14H,9-11H2,(H,23,26)(H,22,24,25)/t14-/m1/s1. The molecule has 3 aromatic rings. The molecule has 2 amide bonds. The van der Waals surface area contributed by atoms with Gasteiger partial charge in [0.1, 0.15) is 0 Å². The Morgan fingerprint density at radius 3 is 2.77 bits per heavy atom. The van der Waals surface area contributed by atoms with E-state index in [2.05, 4.69) is 20.6 Å². The van der Waals surface area contributed by atoms with E-state index in [0.717, 1.165) is 22.3 Å². The molecule has 1 aliphatic rings. The molecule has 0 fully saturated rings. The molecule has 2 N–H and O–H groups in total. The van der Waals surface area contributed by atoms with Crippen molar-refractivity contribution in [2.75, 3.05) is 10.6 Å². The van der Waals surface area contributed by atoms with E-state index in [0.29, 0.717) is 18.7 Å². The largest absolute Gasteiger partial charge is 0.326 e. The van der Waals surface area contributed by atoms with Gasteiger partial charge in [0, 0.05) is 18.0 Å². The first-order valence-electron chi connectivity index (χ1n) is 8.59. The molecule has 0 radical (unpaired) electrons. The summed E-state index contributed by atoms with van der Waals surface area (Å²) in [5.41, 5.74) is 3.49. The summed E-state index contributed by atoms with van der Waals surface area (Å²) in [7, 11) is 0. The molecule has 6 heteroatoms. The summed E-state index contributed by atoms with van der Waals surface area (Å²) in [6, 6.07) is 15.2. The molecule has 1 atom stereocenters. The van der Waals surface area contributed by atoms with Gasteiger partial charge in [0.25, 0.3) is 0 Å². The number of carbonyl (C=O) groups is 2. The minimum atomic E-state index is -0.196. The van der Waals surface area contributed by atoms with E-state index in [9.17, 15) is 9.59 Å². The number of hydrogen-bond donors (Lipinski definition) is 2. The predicted octanol–water partition coefficient (Wildman–Crippen LogP) is 3.16. The van der Waals surface area contributed by atoms with Crippen LogP contribution in [0.1, 0.15) is 18.4 Å². The lowest BCUT2D eigenvalue weighted by Crippen LogP contribution is -2.30. The Kier molecular flexibility index (Phi) is 4.31. The van der Waals surface area contributed by atoms with Crippen molar-refractivity contribution in [1.82, 2.24) is 9.97 Å². The normalized spacial score (nSPS) is 16.0. The summed E-state index contributed by atoms with van der Waals surface area (Å²) >= 11 is 0. The van der Waals surface area contributed by atoms with Crippen molar-refractivity contribution < 1.29 is 9.59 Å². The third-order valence-corrected chi connectivity index (χ3v) is 4.55. The molecule has 26 heavy (non-hydrogen) atoms. The number of carbonyl (C=O) groups excluding carboxylic acids is 2. The topological polar surface area (TPSA) is 84.0 Å². The van der Waals surface area contributed by atoms with Crippen LogP contribution in [0.15, 0.2) is 54.7 Å². The van der Waals surface area contributed by atoms with E-state index in [1.807, 2.05) is 48.5 Å². The summed E-state index contributed by atoms with van der Waals surface area (Å²) in [6.07, 6.45) is 2.95. The third-order valence-electron chi connectivity index (χ3n) is 4.55. The van der Waals surface area contributed by atoms with Gasteiger partial charge in [0.2, 0.25) is 11.8 Å². The Bertz CT molecular complexity index is 986. The molecule has 6 nitrogen and oxygen atoms in total. The smallest absolute Gasteiger partial charge is 0.227 e. The second-order valence-electron chi connectivity index (χ2n) is 6.38. The van der Waals surface area contributed by atoms with E-state index in [1.165, 1.54) is 0 Å². The number of aromatic nitrogens is 2. The van der Waals surface area contributed by atoms with Crippen LogP contribution in [0.5, 0.6) is 0 Å². The van der Waals surface area contributed by atoms with E-state index >= 15 is 0 Å². The molecule has 0 saturated heterocycles. The highest BCUT2D eigenvalue weighted by Gasteiger charge is 2.26. The zero-order valence-electron chi connectivity index (χ0n) is 14.1. The first kappa shape index (κ1) is 16.2. The van der Waals surface area contributed by atoms with Crippen LogP contribution in [-0.4, -0.2) is 21.8 Å². The van der Waals surface area contributed by atoms with Crippen LogP contribution < -0.4 is 10.6 Å².